The van der Waals surface area contributed by atoms with Crippen molar-refractivity contribution in [2.45, 2.75) is 0 Å². The number of benzene rings is 3. The van der Waals surface area contributed by atoms with Crippen LogP contribution in [0.1, 0.15) is 0 Å². The fourth-order valence-electron chi connectivity index (χ4n) is 2.61. The standard InChI is InChI=1S/C18H18N3OP/c19-13-4-1-7-16(10-13)23(22,17-8-2-5-14(20)11-17)18-9-3-6-15(21)12-18/h1-12H,19-21H2. The highest BCUT2D eigenvalue weighted by Crippen LogP contribution is 2.43. The van der Waals surface area contributed by atoms with Gasteiger partial charge in [-0.25, -0.2) is 0 Å². The highest BCUT2D eigenvalue weighted by Gasteiger charge is 2.30. The van der Waals surface area contributed by atoms with Crippen LogP contribution in [0.25, 0.3) is 0 Å². The SMILES string of the molecule is Nc1cccc(P(=O)(c2cccc(N)c2)c2cccc(N)c2)c1. The minimum atomic E-state index is -3.10. The molecule has 116 valence electrons. The van der Waals surface area contributed by atoms with Gasteiger partial charge in [0.15, 0.2) is 7.14 Å². The molecule has 0 amide bonds. The first-order chi connectivity index (χ1) is 11.0. The van der Waals surface area contributed by atoms with Crippen LogP contribution >= 0.6 is 7.14 Å². The van der Waals surface area contributed by atoms with Gasteiger partial charge in [0.05, 0.1) is 0 Å². The van der Waals surface area contributed by atoms with Gasteiger partial charge in [-0.1, -0.05) is 36.4 Å². The average molecular weight is 323 g/mol. The zero-order valence-electron chi connectivity index (χ0n) is 12.5. The fourth-order valence-corrected chi connectivity index (χ4v) is 5.38. The van der Waals surface area contributed by atoms with E-state index in [9.17, 15) is 4.57 Å². The second-order valence-electron chi connectivity index (χ2n) is 5.39. The van der Waals surface area contributed by atoms with Crippen LogP contribution in [0.2, 0.25) is 0 Å². The molecule has 0 saturated carbocycles. The van der Waals surface area contributed by atoms with Gasteiger partial charge in [-0.3, -0.25) is 0 Å². The Morgan fingerprint density at radius 3 is 1.13 bits per heavy atom. The van der Waals surface area contributed by atoms with Crippen molar-refractivity contribution in [2.75, 3.05) is 17.2 Å². The molecule has 23 heavy (non-hydrogen) atoms. The molecule has 4 nitrogen and oxygen atoms in total. The van der Waals surface area contributed by atoms with Crippen molar-refractivity contribution < 1.29 is 4.57 Å². The molecule has 0 radical (unpaired) electrons. The zero-order chi connectivity index (χ0) is 16.4. The van der Waals surface area contributed by atoms with E-state index in [4.69, 9.17) is 17.2 Å². The summed E-state index contributed by atoms with van der Waals surface area (Å²) in [6.45, 7) is 0. The number of hydrogen-bond acceptors (Lipinski definition) is 4. The molecule has 0 unspecified atom stereocenters. The number of nitrogen functional groups attached to an aromatic ring is 3. The van der Waals surface area contributed by atoms with Crippen LogP contribution in [0.4, 0.5) is 17.1 Å². The minimum Gasteiger partial charge on any atom is -0.399 e. The summed E-state index contributed by atoms with van der Waals surface area (Å²) >= 11 is 0. The Kier molecular flexibility index (Phi) is 3.85. The van der Waals surface area contributed by atoms with Crippen LogP contribution < -0.4 is 33.1 Å². The summed E-state index contributed by atoms with van der Waals surface area (Å²) in [5, 5.41) is 1.98. The predicted octanol–water partition coefficient (Wildman–Crippen LogP) is 2.07. The molecule has 3 rings (SSSR count). The van der Waals surface area contributed by atoms with E-state index >= 15 is 0 Å². The number of nitrogens with two attached hydrogens (primary N) is 3. The third-order valence-electron chi connectivity index (χ3n) is 3.70. The van der Waals surface area contributed by atoms with Crippen LogP contribution in [0, 0.1) is 0 Å². The van der Waals surface area contributed by atoms with Crippen LogP contribution in [-0.4, -0.2) is 0 Å². The highest BCUT2D eigenvalue weighted by atomic mass is 31.2. The lowest BCUT2D eigenvalue weighted by molar-refractivity contribution is 0.592. The Morgan fingerprint density at radius 2 is 0.870 bits per heavy atom. The van der Waals surface area contributed by atoms with Crippen LogP contribution in [0.15, 0.2) is 72.8 Å². The topological polar surface area (TPSA) is 95.1 Å². The monoisotopic (exact) mass is 323 g/mol. The predicted molar refractivity (Wildman–Crippen MR) is 99.1 cm³/mol. The summed E-state index contributed by atoms with van der Waals surface area (Å²) in [5.41, 5.74) is 19.4. The Labute approximate surface area is 135 Å². The molecule has 0 atom stereocenters. The summed E-state index contributed by atoms with van der Waals surface area (Å²) < 4.78 is 14.1. The van der Waals surface area contributed by atoms with Crippen molar-refractivity contribution in [3.05, 3.63) is 72.8 Å². The molecule has 0 spiro atoms. The number of rotatable bonds is 3. The maximum absolute atomic E-state index is 14.1. The Bertz CT molecular complexity index is 790. The number of anilines is 3. The van der Waals surface area contributed by atoms with Gasteiger partial charge < -0.3 is 21.8 Å². The van der Waals surface area contributed by atoms with Gasteiger partial charge in [-0.2, -0.15) is 0 Å². The first kappa shape index (κ1) is 15.2. The van der Waals surface area contributed by atoms with Crippen molar-refractivity contribution in [3.63, 3.8) is 0 Å². The first-order valence-corrected chi connectivity index (χ1v) is 8.89. The molecule has 0 bridgehead atoms. The van der Waals surface area contributed by atoms with Gasteiger partial charge >= 0.3 is 0 Å². The molecule has 0 aliphatic carbocycles. The Hall–Kier alpha value is -2.71. The van der Waals surface area contributed by atoms with Crippen LogP contribution in [-0.2, 0) is 4.57 Å². The van der Waals surface area contributed by atoms with Gasteiger partial charge in [0.25, 0.3) is 0 Å². The third-order valence-corrected chi connectivity index (χ3v) is 6.72. The molecule has 3 aromatic carbocycles. The van der Waals surface area contributed by atoms with Gasteiger partial charge in [0.2, 0.25) is 0 Å². The zero-order valence-corrected chi connectivity index (χ0v) is 13.4. The molecule has 3 aromatic rings. The van der Waals surface area contributed by atoms with E-state index in [2.05, 4.69) is 0 Å². The van der Waals surface area contributed by atoms with Gasteiger partial charge in [0, 0.05) is 33.0 Å². The summed E-state index contributed by atoms with van der Waals surface area (Å²) in [5.74, 6) is 0. The van der Waals surface area contributed by atoms with Crippen LogP contribution in [0.5, 0.6) is 0 Å². The van der Waals surface area contributed by atoms with Crippen LogP contribution in [0.3, 0.4) is 0 Å². The van der Waals surface area contributed by atoms with Gasteiger partial charge in [0.1, 0.15) is 0 Å². The van der Waals surface area contributed by atoms with Crippen molar-refractivity contribution in [3.8, 4) is 0 Å². The maximum atomic E-state index is 14.1. The van der Waals surface area contributed by atoms with E-state index in [1.807, 2.05) is 18.2 Å². The van der Waals surface area contributed by atoms with E-state index in [1.165, 1.54) is 0 Å². The van der Waals surface area contributed by atoms with E-state index in [-0.39, 0.29) is 0 Å². The molecule has 0 heterocycles. The summed E-state index contributed by atoms with van der Waals surface area (Å²) in [6, 6.07) is 21.4. The minimum absolute atomic E-state index is 0.565. The van der Waals surface area contributed by atoms with Gasteiger partial charge in [-0.05, 0) is 36.4 Å². The molecule has 0 aliphatic heterocycles. The fraction of sp³-hybridized carbons (Fsp3) is 0. The molecule has 0 aromatic heterocycles. The van der Waals surface area contributed by atoms with Crippen molar-refractivity contribution in [2.24, 2.45) is 0 Å². The second kappa shape index (κ2) is 5.82. The lowest BCUT2D eigenvalue weighted by atomic mass is 10.3. The van der Waals surface area contributed by atoms with Crippen molar-refractivity contribution >= 4 is 40.1 Å². The highest BCUT2D eigenvalue weighted by molar-refractivity contribution is 7.85. The smallest absolute Gasteiger partial charge is 0.171 e. The molecule has 5 heteroatoms. The van der Waals surface area contributed by atoms with Crippen molar-refractivity contribution in [1.29, 1.82) is 0 Å². The summed E-state index contributed by atoms with van der Waals surface area (Å²) in [6.07, 6.45) is 0. The normalized spacial score (nSPS) is 11.3. The lowest BCUT2D eigenvalue weighted by Gasteiger charge is -2.21. The van der Waals surface area contributed by atoms with E-state index in [1.54, 1.807) is 54.6 Å². The van der Waals surface area contributed by atoms with E-state index < -0.39 is 7.14 Å². The Morgan fingerprint density at radius 1 is 0.565 bits per heavy atom. The lowest BCUT2D eigenvalue weighted by Crippen LogP contribution is -2.25. The van der Waals surface area contributed by atoms with E-state index in [0.29, 0.717) is 33.0 Å². The number of hydrogen-bond donors (Lipinski definition) is 3. The summed E-state index contributed by atoms with van der Waals surface area (Å²) in [7, 11) is -3.10. The third kappa shape index (κ3) is 2.81. The largest absolute Gasteiger partial charge is 0.399 e. The molecule has 0 aliphatic rings. The average Bonchev–Trinajstić information content (AvgIpc) is 2.54. The van der Waals surface area contributed by atoms with Gasteiger partial charge in [-0.15, -0.1) is 0 Å². The summed E-state index contributed by atoms with van der Waals surface area (Å²) in [4.78, 5) is 0. The van der Waals surface area contributed by atoms with Crippen molar-refractivity contribution in [1.82, 2.24) is 0 Å². The quantitative estimate of drug-likeness (QED) is 0.508. The molecular formula is C18H18N3OP. The maximum Gasteiger partial charge on any atom is 0.171 e. The first-order valence-electron chi connectivity index (χ1n) is 7.18. The molecule has 0 fully saturated rings. The Balaban J connectivity index is 2.32. The molecule has 0 saturated heterocycles. The molecular weight excluding hydrogens is 305 g/mol. The molecule has 6 N–H and O–H groups in total. The van der Waals surface area contributed by atoms with E-state index in [0.717, 1.165) is 0 Å². The second-order valence-corrected chi connectivity index (χ2v) is 8.16.